The van der Waals surface area contributed by atoms with Crippen LogP contribution in [-0.2, 0) is 19.5 Å². The first-order valence-corrected chi connectivity index (χ1v) is 7.01. The lowest BCUT2D eigenvalue weighted by Gasteiger charge is -2.08. The number of aromatic nitrogens is 5. The summed E-state index contributed by atoms with van der Waals surface area (Å²) >= 11 is 0. The number of anilines is 1. The number of carbonyl (C=O) groups excluding carboxylic acids is 1. The maximum absolute atomic E-state index is 12.0. The summed E-state index contributed by atoms with van der Waals surface area (Å²) in [7, 11) is 0. The lowest BCUT2D eigenvalue weighted by atomic mass is 10.2. The van der Waals surface area contributed by atoms with E-state index in [1.807, 2.05) is 0 Å². The zero-order valence-electron chi connectivity index (χ0n) is 11.6. The molecule has 0 aliphatic carbocycles. The number of hydrogen-bond donors (Lipinski definition) is 2. The molecule has 3 N–H and O–H groups in total. The number of aryl methyl sites for hydroxylation is 1. The second-order valence-corrected chi connectivity index (χ2v) is 4.97. The van der Waals surface area contributed by atoms with Crippen molar-refractivity contribution in [3.8, 4) is 0 Å². The summed E-state index contributed by atoms with van der Waals surface area (Å²) in [6.45, 7) is 1.21. The maximum Gasteiger partial charge on any atom is 0.274 e. The first kappa shape index (κ1) is 13.5. The Morgan fingerprint density at radius 1 is 1.24 bits per heavy atom. The number of rotatable bonds is 3. The fraction of sp³-hybridized carbons (Fsp3) is 0.462. The smallest absolute Gasteiger partial charge is 0.274 e. The van der Waals surface area contributed by atoms with Gasteiger partial charge in [-0.2, -0.15) is 0 Å². The Bertz CT molecular complexity index is 652. The Morgan fingerprint density at radius 3 is 2.95 bits per heavy atom. The minimum Gasteiger partial charge on any atom is -0.382 e. The van der Waals surface area contributed by atoms with Crippen LogP contribution in [0.1, 0.15) is 41.4 Å². The molecule has 0 spiro atoms. The molecule has 110 valence electrons. The molecule has 21 heavy (non-hydrogen) atoms. The predicted molar refractivity (Wildman–Crippen MR) is 75.2 cm³/mol. The van der Waals surface area contributed by atoms with E-state index in [1.165, 1.54) is 18.8 Å². The Labute approximate surface area is 121 Å². The lowest BCUT2D eigenvalue weighted by Crippen LogP contribution is -2.27. The minimum atomic E-state index is -0.355. The van der Waals surface area contributed by atoms with E-state index in [2.05, 4.69) is 30.0 Å². The Kier molecular flexibility index (Phi) is 3.76. The molecule has 0 radical (unpaired) electrons. The molecular formula is C13H17N7O. The molecule has 3 rings (SSSR count). The highest BCUT2D eigenvalue weighted by Gasteiger charge is 2.17. The Morgan fingerprint density at radius 2 is 2.10 bits per heavy atom. The van der Waals surface area contributed by atoms with Crippen LogP contribution in [0.3, 0.4) is 0 Å². The van der Waals surface area contributed by atoms with E-state index in [9.17, 15) is 4.79 Å². The van der Waals surface area contributed by atoms with Gasteiger partial charge in [-0.1, -0.05) is 6.42 Å². The van der Waals surface area contributed by atoms with Crippen LogP contribution in [0.2, 0.25) is 0 Å². The van der Waals surface area contributed by atoms with Crippen molar-refractivity contribution in [2.24, 2.45) is 0 Å². The monoisotopic (exact) mass is 287 g/mol. The summed E-state index contributed by atoms with van der Waals surface area (Å²) in [6.07, 6.45) is 7.28. The van der Waals surface area contributed by atoms with Gasteiger partial charge in [0.05, 0.1) is 6.54 Å². The van der Waals surface area contributed by atoms with E-state index < -0.39 is 0 Å². The molecule has 1 amide bonds. The van der Waals surface area contributed by atoms with Gasteiger partial charge in [-0.25, -0.2) is 9.97 Å². The number of hydrogen-bond acceptors (Lipinski definition) is 6. The largest absolute Gasteiger partial charge is 0.382 e. The summed E-state index contributed by atoms with van der Waals surface area (Å²) < 4.78 is 2.09. The average molecular weight is 287 g/mol. The van der Waals surface area contributed by atoms with Gasteiger partial charge in [-0.3, -0.25) is 4.79 Å². The SMILES string of the molecule is Nc1nccnc1C(=O)NCc1nnc2n1CCCCC2. The van der Waals surface area contributed by atoms with Crippen LogP contribution in [0.4, 0.5) is 5.82 Å². The molecule has 0 saturated carbocycles. The molecular weight excluding hydrogens is 270 g/mol. The standard InChI is InChI=1S/C13H17N7O/c14-12-11(15-5-6-16-12)13(21)17-8-10-19-18-9-4-2-1-3-7-20(9)10/h5-6H,1-4,7-8H2,(H2,14,16)(H,17,21). The van der Waals surface area contributed by atoms with E-state index >= 15 is 0 Å². The van der Waals surface area contributed by atoms with E-state index in [0.29, 0.717) is 6.54 Å². The van der Waals surface area contributed by atoms with Gasteiger partial charge < -0.3 is 15.6 Å². The third kappa shape index (κ3) is 2.83. The van der Waals surface area contributed by atoms with Gasteiger partial charge in [-0.05, 0) is 12.8 Å². The summed E-state index contributed by atoms with van der Waals surface area (Å²) in [5.74, 6) is 1.53. The summed E-state index contributed by atoms with van der Waals surface area (Å²) in [5, 5.41) is 11.1. The molecule has 8 nitrogen and oxygen atoms in total. The molecule has 0 saturated heterocycles. The number of amides is 1. The molecule has 0 unspecified atom stereocenters. The number of nitrogens with one attached hydrogen (secondary N) is 1. The first-order valence-electron chi connectivity index (χ1n) is 7.01. The van der Waals surface area contributed by atoms with Crippen molar-refractivity contribution < 1.29 is 4.79 Å². The summed E-state index contributed by atoms with van der Waals surface area (Å²) in [4.78, 5) is 19.8. The van der Waals surface area contributed by atoms with Crippen molar-refractivity contribution in [3.63, 3.8) is 0 Å². The average Bonchev–Trinajstić information content (AvgIpc) is 2.72. The normalized spacial score (nSPS) is 14.3. The van der Waals surface area contributed by atoms with Gasteiger partial charge in [0.25, 0.3) is 5.91 Å². The van der Waals surface area contributed by atoms with Gasteiger partial charge in [0.2, 0.25) is 0 Å². The molecule has 2 aromatic rings. The number of nitrogens with two attached hydrogens (primary N) is 1. The maximum atomic E-state index is 12.0. The lowest BCUT2D eigenvalue weighted by molar-refractivity contribution is 0.0945. The Hall–Kier alpha value is -2.51. The molecule has 1 aliphatic rings. The highest BCUT2D eigenvalue weighted by atomic mass is 16.1. The molecule has 3 heterocycles. The zero-order chi connectivity index (χ0) is 14.7. The van der Waals surface area contributed by atoms with Crippen LogP contribution in [0, 0.1) is 0 Å². The molecule has 0 bridgehead atoms. The fourth-order valence-electron chi connectivity index (χ4n) is 2.44. The highest BCUT2D eigenvalue weighted by Crippen LogP contribution is 2.14. The molecule has 0 atom stereocenters. The topological polar surface area (TPSA) is 112 Å². The minimum absolute atomic E-state index is 0.120. The van der Waals surface area contributed by atoms with Crippen molar-refractivity contribution in [3.05, 3.63) is 29.7 Å². The highest BCUT2D eigenvalue weighted by molar-refractivity contribution is 5.96. The van der Waals surface area contributed by atoms with Gasteiger partial charge in [-0.15, -0.1) is 10.2 Å². The van der Waals surface area contributed by atoms with Gasteiger partial charge >= 0.3 is 0 Å². The number of nitrogen functional groups attached to an aromatic ring is 1. The van der Waals surface area contributed by atoms with Crippen molar-refractivity contribution in [1.29, 1.82) is 0 Å². The molecule has 1 aliphatic heterocycles. The van der Waals surface area contributed by atoms with Crippen LogP contribution in [0.25, 0.3) is 0 Å². The first-order chi connectivity index (χ1) is 10.3. The van der Waals surface area contributed by atoms with Gasteiger partial charge in [0.1, 0.15) is 5.82 Å². The van der Waals surface area contributed by atoms with E-state index in [0.717, 1.165) is 37.5 Å². The predicted octanol–water partition coefficient (Wildman–Crippen LogP) is 0.307. The summed E-state index contributed by atoms with van der Waals surface area (Å²) in [5.41, 5.74) is 5.77. The van der Waals surface area contributed by atoms with Crippen LogP contribution in [0.15, 0.2) is 12.4 Å². The van der Waals surface area contributed by atoms with Crippen molar-refractivity contribution in [1.82, 2.24) is 30.0 Å². The molecule has 0 aromatic carbocycles. The van der Waals surface area contributed by atoms with Crippen molar-refractivity contribution in [2.45, 2.75) is 38.8 Å². The van der Waals surface area contributed by atoms with Gasteiger partial charge in [0.15, 0.2) is 17.3 Å². The van der Waals surface area contributed by atoms with Gasteiger partial charge in [0, 0.05) is 25.4 Å². The number of nitrogens with zero attached hydrogens (tertiary/aromatic N) is 5. The van der Waals surface area contributed by atoms with Crippen molar-refractivity contribution in [2.75, 3.05) is 5.73 Å². The van der Waals surface area contributed by atoms with Crippen LogP contribution < -0.4 is 11.1 Å². The van der Waals surface area contributed by atoms with E-state index in [-0.39, 0.29) is 17.4 Å². The van der Waals surface area contributed by atoms with Crippen LogP contribution >= 0.6 is 0 Å². The van der Waals surface area contributed by atoms with E-state index in [1.54, 1.807) is 0 Å². The Balaban J connectivity index is 1.70. The quantitative estimate of drug-likeness (QED) is 0.840. The van der Waals surface area contributed by atoms with Crippen molar-refractivity contribution >= 4 is 11.7 Å². The molecule has 2 aromatic heterocycles. The third-order valence-corrected chi connectivity index (χ3v) is 3.53. The second-order valence-electron chi connectivity index (χ2n) is 4.97. The fourth-order valence-corrected chi connectivity index (χ4v) is 2.44. The number of carbonyl (C=O) groups is 1. The molecule has 8 heteroatoms. The van der Waals surface area contributed by atoms with E-state index in [4.69, 9.17) is 5.73 Å². The van der Waals surface area contributed by atoms with Crippen LogP contribution in [-0.4, -0.2) is 30.6 Å². The third-order valence-electron chi connectivity index (χ3n) is 3.53. The zero-order valence-corrected chi connectivity index (χ0v) is 11.6. The van der Waals surface area contributed by atoms with Crippen LogP contribution in [0.5, 0.6) is 0 Å². The number of fused-ring (bicyclic) bond motifs is 1. The second kappa shape index (κ2) is 5.86. The summed E-state index contributed by atoms with van der Waals surface area (Å²) in [6, 6.07) is 0. The molecule has 0 fully saturated rings.